The molecular weight excluding hydrogens is 579 g/mol. The van der Waals surface area contributed by atoms with Crippen molar-refractivity contribution in [2.24, 2.45) is 11.7 Å². The normalized spacial score (nSPS) is 14.2. The minimum atomic E-state index is -4.90. The highest BCUT2D eigenvalue weighted by atomic mass is 31.2. The average molecular weight is 617 g/mol. The maximum atomic E-state index is 13.0. The highest BCUT2D eigenvalue weighted by Crippen LogP contribution is 2.42. The summed E-state index contributed by atoms with van der Waals surface area (Å²) < 4.78 is 27.9. The lowest BCUT2D eigenvalue weighted by molar-refractivity contribution is -0.122. The van der Waals surface area contributed by atoms with Gasteiger partial charge in [0.05, 0.1) is 17.7 Å². The van der Waals surface area contributed by atoms with Crippen molar-refractivity contribution in [3.8, 4) is 17.2 Å². The Morgan fingerprint density at radius 2 is 1.81 bits per heavy atom. The zero-order valence-electron chi connectivity index (χ0n) is 24.1. The Morgan fingerprint density at radius 3 is 2.49 bits per heavy atom. The number of tetrazole rings is 1. The van der Waals surface area contributed by atoms with E-state index in [1.807, 2.05) is 19.9 Å². The van der Waals surface area contributed by atoms with Crippen molar-refractivity contribution in [1.29, 1.82) is 0 Å². The van der Waals surface area contributed by atoms with Crippen LogP contribution >= 0.6 is 7.82 Å². The maximum Gasteiger partial charge on any atom is 0.524 e. The number of phosphoric ester groups is 1. The summed E-state index contributed by atoms with van der Waals surface area (Å²) in [5.41, 5.74) is 6.35. The zero-order chi connectivity index (χ0) is 31.0. The highest BCUT2D eigenvalue weighted by molar-refractivity contribution is 7.46. The van der Waals surface area contributed by atoms with Gasteiger partial charge in [0, 0.05) is 6.42 Å². The van der Waals surface area contributed by atoms with Gasteiger partial charge in [0.1, 0.15) is 5.75 Å². The number of carbonyl (C=O) groups is 2. The van der Waals surface area contributed by atoms with Crippen molar-refractivity contribution in [2.75, 3.05) is 6.61 Å². The first-order valence-corrected chi connectivity index (χ1v) is 15.5. The summed E-state index contributed by atoms with van der Waals surface area (Å²) in [7, 11) is -4.90. The summed E-state index contributed by atoms with van der Waals surface area (Å²) in [4.78, 5) is 43.9. The van der Waals surface area contributed by atoms with E-state index < -0.39 is 19.3 Å². The Balaban J connectivity index is 1.38. The average Bonchev–Trinajstić information content (AvgIpc) is 3.47. The Kier molecular flexibility index (Phi) is 10.4. The zero-order valence-corrected chi connectivity index (χ0v) is 25.0. The lowest BCUT2D eigenvalue weighted by atomic mass is 9.90. The number of ether oxygens (including phenoxy) is 2. The van der Waals surface area contributed by atoms with Gasteiger partial charge < -0.3 is 25.0 Å². The van der Waals surface area contributed by atoms with Crippen LogP contribution in [-0.2, 0) is 27.9 Å². The van der Waals surface area contributed by atoms with Crippen molar-refractivity contribution < 1.29 is 37.9 Å². The number of primary amides is 1. The van der Waals surface area contributed by atoms with Crippen LogP contribution in [0.25, 0.3) is 0 Å². The third kappa shape index (κ3) is 9.50. The summed E-state index contributed by atoms with van der Waals surface area (Å²) in [5.74, 6) is 0.0966. The fraction of sp³-hybridized carbons (Fsp3) is 0.464. The van der Waals surface area contributed by atoms with Gasteiger partial charge in [-0.15, -0.1) is 10.2 Å². The number of nitrogens with zero attached hydrogens (tertiary/aromatic N) is 3. The molecule has 14 nitrogen and oxygen atoms in total. The number of carbonyl (C=O) groups excluding carboxylic acids is 2. The van der Waals surface area contributed by atoms with Crippen LogP contribution in [0, 0.1) is 5.92 Å². The second kappa shape index (κ2) is 14.0. The van der Waals surface area contributed by atoms with Crippen LogP contribution in [0.3, 0.4) is 0 Å². The molecule has 15 heteroatoms. The quantitative estimate of drug-likeness (QED) is 0.166. The molecular formula is C28H37N6O8P. The van der Waals surface area contributed by atoms with Gasteiger partial charge in [0.2, 0.25) is 11.7 Å². The summed E-state index contributed by atoms with van der Waals surface area (Å²) in [6, 6.07) is 9.71. The number of rotatable bonds is 14. The molecule has 1 aromatic heterocycles. The molecule has 6 N–H and O–H groups in total. The van der Waals surface area contributed by atoms with E-state index in [0.717, 1.165) is 12.8 Å². The predicted molar refractivity (Wildman–Crippen MR) is 154 cm³/mol. The number of hydrogen-bond acceptors (Lipinski definition) is 9. The molecule has 43 heavy (non-hydrogen) atoms. The second-order valence-electron chi connectivity index (χ2n) is 11.0. The van der Waals surface area contributed by atoms with Crippen molar-refractivity contribution in [3.05, 3.63) is 58.9 Å². The fourth-order valence-electron chi connectivity index (χ4n) is 4.95. The molecule has 1 aliphatic carbocycles. The smallest absolute Gasteiger partial charge is 0.492 e. The summed E-state index contributed by atoms with van der Waals surface area (Å²) >= 11 is 0. The monoisotopic (exact) mass is 616 g/mol. The van der Waals surface area contributed by atoms with E-state index in [2.05, 4.69) is 25.9 Å². The van der Waals surface area contributed by atoms with E-state index >= 15 is 0 Å². The first-order chi connectivity index (χ1) is 20.4. The molecule has 0 radical (unpaired) electrons. The van der Waals surface area contributed by atoms with Crippen LogP contribution in [0.4, 0.5) is 0 Å². The molecule has 3 aromatic rings. The Hall–Kier alpha value is -4.00. The van der Waals surface area contributed by atoms with Gasteiger partial charge in [-0.3, -0.25) is 19.4 Å². The van der Waals surface area contributed by atoms with E-state index in [4.69, 9.17) is 19.7 Å². The fourth-order valence-corrected chi connectivity index (χ4v) is 5.35. The lowest BCUT2D eigenvalue weighted by Crippen LogP contribution is -2.41. The van der Waals surface area contributed by atoms with Crippen molar-refractivity contribution >= 4 is 19.6 Å². The molecule has 232 valence electrons. The van der Waals surface area contributed by atoms with Gasteiger partial charge in [-0.25, -0.2) is 4.57 Å². The molecule has 0 unspecified atom stereocenters. The Morgan fingerprint density at radius 1 is 1.07 bits per heavy atom. The third-order valence-electron chi connectivity index (χ3n) is 7.23. The van der Waals surface area contributed by atoms with E-state index in [9.17, 15) is 23.9 Å². The van der Waals surface area contributed by atoms with Crippen LogP contribution in [0.1, 0.15) is 79.7 Å². The lowest BCUT2D eigenvalue weighted by Gasteiger charge is -2.28. The van der Waals surface area contributed by atoms with E-state index in [0.29, 0.717) is 29.4 Å². The van der Waals surface area contributed by atoms with Crippen molar-refractivity contribution in [3.63, 3.8) is 0 Å². The minimum absolute atomic E-state index is 0.0545. The van der Waals surface area contributed by atoms with Gasteiger partial charge >= 0.3 is 7.82 Å². The predicted octanol–water partition coefficient (Wildman–Crippen LogP) is 3.29. The first kappa shape index (κ1) is 31.9. The number of aromatic amines is 1. The Bertz CT molecular complexity index is 1450. The number of amides is 2. The van der Waals surface area contributed by atoms with Crippen molar-refractivity contribution in [1.82, 2.24) is 25.9 Å². The maximum absolute atomic E-state index is 13.0. The molecule has 0 atom stereocenters. The number of benzene rings is 2. The molecule has 0 saturated heterocycles. The van der Waals surface area contributed by atoms with Crippen LogP contribution in [0.5, 0.6) is 17.2 Å². The second-order valence-corrected chi connectivity index (χ2v) is 12.2. The SMILES string of the molecule is CC(C)(NC(=O)CCc1ccc(OCc2nn[nH]n2)c(OP(=O)(O)O)c1)c1ccc(OCC2CCCCC2)c(C(N)=O)c1. The standard InChI is InChI=1S/C28H37N6O8P/c1-28(2,20-10-12-22(21(15-20)27(29)36)40-16-19-6-4-3-5-7-19)30-26(35)13-9-18-8-11-23(24(14-18)42-43(37,38)39)41-17-25-31-33-34-32-25/h8,10-12,14-15,19H,3-7,9,13,16-17H2,1-2H3,(H2,29,36)(H,30,35)(H2,37,38,39)(H,31,32,33,34). The van der Waals surface area contributed by atoms with Crippen molar-refractivity contribution in [2.45, 2.75) is 70.9 Å². The van der Waals surface area contributed by atoms with E-state index in [1.165, 1.54) is 31.4 Å². The van der Waals surface area contributed by atoms with Gasteiger partial charge in [0.15, 0.2) is 18.1 Å². The molecule has 2 aromatic carbocycles. The molecule has 0 aliphatic heterocycles. The largest absolute Gasteiger partial charge is 0.524 e. The highest BCUT2D eigenvalue weighted by Gasteiger charge is 2.26. The molecule has 1 heterocycles. The van der Waals surface area contributed by atoms with E-state index in [-0.39, 0.29) is 48.2 Å². The number of hydrogen-bond donors (Lipinski definition) is 5. The number of aromatic nitrogens is 4. The number of nitrogens with two attached hydrogens (primary N) is 1. The van der Waals surface area contributed by atoms with Crippen LogP contribution in [-0.4, -0.2) is 48.8 Å². The van der Waals surface area contributed by atoms with Crippen LogP contribution in [0.15, 0.2) is 36.4 Å². The number of nitrogens with one attached hydrogen (secondary N) is 2. The number of phosphoric acid groups is 1. The molecule has 0 bridgehead atoms. The molecule has 0 spiro atoms. The Labute approximate surface area is 248 Å². The molecule has 4 rings (SSSR count). The van der Waals surface area contributed by atoms with Crippen LogP contribution in [0.2, 0.25) is 0 Å². The van der Waals surface area contributed by atoms with Gasteiger partial charge in [-0.2, -0.15) is 5.21 Å². The topological polar surface area (TPSA) is 212 Å². The molecule has 1 fully saturated rings. The third-order valence-corrected chi connectivity index (χ3v) is 7.66. The number of H-pyrrole nitrogens is 1. The molecule has 1 aliphatic rings. The first-order valence-electron chi connectivity index (χ1n) is 14.0. The van der Waals surface area contributed by atoms with E-state index in [1.54, 1.807) is 18.2 Å². The summed E-state index contributed by atoms with van der Waals surface area (Å²) in [5, 5.41) is 16.2. The van der Waals surface area contributed by atoms with Gasteiger partial charge in [-0.05, 0) is 74.4 Å². The minimum Gasteiger partial charge on any atom is -0.492 e. The van der Waals surface area contributed by atoms with Gasteiger partial charge in [0.25, 0.3) is 5.91 Å². The van der Waals surface area contributed by atoms with Crippen LogP contribution < -0.4 is 25.0 Å². The number of aryl methyl sites for hydroxylation is 1. The summed E-state index contributed by atoms with van der Waals surface area (Å²) in [6.45, 7) is 4.05. The molecule has 2 amide bonds. The molecule has 1 saturated carbocycles. The van der Waals surface area contributed by atoms with Gasteiger partial charge in [-0.1, -0.05) is 36.6 Å². The summed E-state index contributed by atoms with van der Waals surface area (Å²) in [6.07, 6.45) is 6.15.